The SMILES string of the molecule is CN(C(=O)c1cc(NSc2cc(Cl)cc(Cl)c2)c2ccccc2c1)c1ccccc1. The molecule has 0 spiro atoms. The van der Waals surface area contributed by atoms with Gasteiger partial charge < -0.3 is 9.62 Å². The van der Waals surface area contributed by atoms with E-state index in [4.69, 9.17) is 23.2 Å². The van der Waals surface area contributed by atoms with Crippen molar-refractivity contribution in [1.82, 2.24) is 0 Å². The number of carbonyl (C=O) groups is 1. The first-order chi connectivity index (χ1) is 14.5. The minimum absolute atomic E-state index is 0.0780. The number of hydrogen-bond donors (Lipinski definition) is 1. The molecule has 4 aromatic carbocycles. The van der Waals surface area contributed by atoms with Crippen LogP contribution in [0.1, 0.15) is 10.4 Å². The Hall–Kier alpha value is -2.66. The minimum Gasteiger partial charge on any atom is -0.325 e. The van der Waals surface area contributed by atoms with Gasteiger partial charge in [-0.15, -0.1) is 0 Å². The Bertz CT molecular complexity index is 1190. The van der Waals surface area contributed by atoms with Crippen LogP contribution in [0, 0.1) is 0 Å². The summed E-state index contributed by atoms with van der Waals surface area (Å²) in [7, 11) is 1.78. The molecule has 6 heteroatoms. The highest BCUT2D eigenvalue weighted by Gasteiger charge is 2.16. The van der Waals surface area contributed by atoms with Gasteiger partial charge in [0.25, 0.3) is 5.91 Å². The largest absolute Gasteiger partial charge is 0.325 e. The topological polar surface area (TPSA) is 32.3 Å². The highest BCUT2D eigenvalue weighted by molar-refractivity contribution is 8.00. The normalized spacial score (nSPS) is 10.8. The first kappa shape index (κ1) is 20.6. The second-order valence-corrected chi connectivity index (χ2v) is 8.51. The highest BCUT2D eigenvalue weighted by atomic mass is 35.5. The number of para-hydroxylation sites is 1. The lowest BCUT2D eigenvalue weighted by atomic mass is 10.0. The Morgan fingerprint density at radius 1 is 0.867 bits per heavy atom. The van der Waals surface area contributed by atoms with Crippen LogP contribution in [-0.4, -0.2) is 13.0 Å². The first-order valence-electron chi connectivity index (χ1n) is 9.26. The van der Waals surface area contributed by atoms with E-state index in [0.29, 0.717) is 15.6 Å². The number of anilines is 2. The summed E-state index contributed by atoms with van der Waals surface area (Å²) in [6.07, 6.45) is 0. The quantitative estimate of drug-likeness (QED) is 0.317. The van der Waals surface area contributed by atoms with E-state index in [2.05, 4.69) is 4.72 Å². The highest BCUT2D eigenvalue weighted by Crippen LogP contribution is 2.32. The second-order valence-electron chi connectivity index (χ2n) is 6.75. The number of hydrogen-bond acceptors (Lipinski definition) is 3. The molecule has 0 radical (unpaired) electrons. The predicted octanol–water partition coefficient (Wildman–Crippen LogP) is 7.54. The van der Waals surface area contributed by atoms with Crippen molar-refractivity contribution in [1.29, 1.82) is 0 Å². The molecule has 1 amide bonds. The van der Waals surface area contributed by atoms with Crippen LogP contribution in [0.2, 0.25) is 10.0 Å². The van der Waals surface area contributed by atoms with Crippen molar-refractivity contribution in [2.24, 2.45) is 0 Å². The van der Waals surface area contributed by atoms with E-state index in [0.717, 1.165) is 27.0 Å². The zero-order valence-corrected chi connectivity index (χ0v) is 18.4. The molecule has 0 saturated carbocycles. The monoisotopic (exact) mass is 452 g/mol. The van der Waals surface area contributed by atoms with Crippen LogP contribution in [-0.2, 0) is 0 Å². The van der Waals surface area contributed by atoms with Crippen LogP contribution in [0.15, 0.2) is 89.8 Å². The summed E-state index contributed by atoms with van der Waals surface area (Å²) in [6, 6.07) is 26.7. The lowest BCUT2D eigenvalue weighted by Gasteiger charge is -2.19. The molecule has 150 valence electrons. The van der Waals surface area contributed by atoms with Gasteiger partial charge in [0.2, 0.25) is 0 Å². The van der Waals surface area contributed by atoms with Gasteiger partial charge in [-0.05, 0) is 59.8 Å². The molecule has 0 aliphatic carbocycles. The summed E-state index contributed by atoms with van der Waals surface area (Å²) in [5, 5.41) is 3.16. The van der Waals surface area contributed by atoms with Crippen LogP contribution < -0.4 is 9.62 Å². The number of benzene rings is 4. The number of carbonyl (C=O) groups excluding carboxylic acids is 1. The third-order valence-corrected chi connectivity index (χ3v) is 5.90. The zero-order valence-electron chi connectivity index (χ0n) is 16.1. The molecule has 0 bridgehead atoms. The lowest BCUT2D eigenvalue weighted by molar-refractivity contribution is 0.0993. The molecule has 0 fully saturated rings. The fourth-order valence-corrected chi connectivity index (χ4v) is 4.61. The Labute approximate surface area is 189 Å². The van der Waals surface area contributed by atoms with Gasteiger partial charge >= 0.3 is 0 Å². The maximum Gasteiger partial charge on any atom is 0.258 e. The van der Waals surface area contributed by atoms with Crippen molar-refractivity contribution in [3.05, 3.63) is 101 Å². The second kappa shape index (κ2) is 9.00. The smallest absolute Gasteiger partial charge is 0.258 e. The molecular weight excluding hydrogens is 435 g/mol. The molecule has 30 heavy (non-hydrogen) atoms. The van der Waals surface area contributed by atoms with E-state index in [9.17, 15) is 4.79 Å². The van der Waals surface area contributed by atoms with Crippen LogP contribution in [0.5, 0.6) is 0 Å². The van der Waals surface area contributed by atoms with Crippen molar-refractivity contribution >= 4 is 63.2 Å². The summed E-state index contributed by atoms with van der Waals surface area (Å²) in [5.74, 6) is -0.0780. The third kappa shape index (κ3) is 4.57. The van der Waals surface area contributed by atoms with Gasteiger partial charge in [0, 0.05) is 38.6 Å². The number of rotatable bonds is 5. The van der Waals surface area contributed by atoms with Gasteiger partial charge in [-0.25, -0.2) is 0 Å². The van der Waals surface area contributed by atoms with Crippen molar-refractivity contribution < 1.29 is 4.79 Å². The summed E-state index contributed by atoms with van der Waals surface area (Å²) in [4.78, 5) is 15.7. The average molecular weight is 453 g/mol. The molecular formula is C24H18Cl2N2OS. The van der Waals surface area contributed by atoms with Gasteiger partial charge in [-0.1, -0.05) is 65.7 Å². The Kier molecular flexibility index (Phi) is 6.18. The number of nitrogens with one attached hydrogen (secondary N) is 1. The van der Waals surface area contributed by atoms with Crippen molar-refractivity contribution in [3.8, 4) is 0 Å². The van der Waals surface area contributed by atoms with E-state index < -0.39 is 0 Å². The van der Waals surface area contributed by atoms with E-state index in [1.54, 1.807) is 18.0 Å². The number of halogens is 2. The van der Waals surface area contributed by atoms with Crippen LogP contribution in [0.4, 0.5) is 11.4 Å². The lowest BCUT2D eigenvalue weighted by Crippen LogP contribution is -2.26. The molecule has 1 N–H and O–H groups in total. The Morgan fingerprint density at radius 2 is 1.53 bits per heavy atom. The summed E-state index contributed by atoms with van der Waals surface area (Å²) < 4.78 is 3.36. The maximum absolute atomic E-state index is 13.2. The maximum atomic E-state index is 13.2. The number of fused-ring (bicyclic) bond motifs is 1. The van der Waals surface area contributed by atoms with Gasteiger partial charge in [0.1, 0.15) is 0 Å². The van der Waals surface area contributed by atoms with Gasteiger partial charge in [0.05, 0.1) is 5.69 Å². The van der Waals surface area contributed by atoms with Crippen LogP contribution >= 0.6 is 35.1 Å². The number of amides is 1. The van der Waals surface area contributed by atoms with E-state index >= 15 is 0 Å². The molecule has 0 heterocycles. The van der Waals surface area contributed by atoms with Crippen LogP contribution in [0.3, 0.4) is 0 Å². The summed E-state index contributed by atoms with van der Waals surface area (Å²) >= 11 is 13.6. The molecule has 0 aliphatic heterocycles. The van der Waals surface area contributed by atoms with E-state index in [1.807, 2.05) is 78.9 Å². The van der Waals surface area contributed by atoms with Crippen LogP contribution in [0.25, 0.3) is 10.8 Å². The molecule has 4 rings (SSSR count). The van der Waals surface area contributed by atoms with Gasteiger partial charge in [-0.2, -0.15) is 0 Å². The summed E-state index contributed by atoms with van der Waals surface area (Å²) in [5.41, 5.74) is 2.29. The molecule has 3 nitrogen and oxygen atoms in total. The summed E-state index contributed by atoms with van der Waals surface area (Å²) in [6.45, 7) is 0. The van der Waals surface area contributed by atoms with Crippen molar-refractivity contribution in [3.63, 3.8) is 0 Å². The molecule has 0 unspecified atom stereocenters. The van der Waals surface area contributed by atoms with Crippen molar-refractivity contribution in [2.75, 3.05) is 16.7 Å². The van der Waals surface area contributed by atoms with E-state index in [1.165, 1.54) is 11.9 Å². The molecule has 0 atom stereocenters. The third-order valence-electron chi connectivity index (χ3n) is 4.67. The first-order valence-corrected chi connectivity index (χ1v) is 10.8. The standard InChI is InChI=1S/C24H18Cl2N2OS/c1-28(20-8-3-2-4-9-20)24(29)17-11-16-7-5-6-10-22(16)23(12-17)27-30-21-14-18(25)13-19(26)15-21/h2-15,27H,1H3. The van der Waals surface area contributed by atoms with Gasteiger partial charge in [0.15, 0.2) is 0 Å². The zero-order chi connectivity index (χ0) is 21.1. The number of nitrogens with zero attached hydrogens (tertiary/aromatic N) is 1. The van der Waals surface area contributed by atoms with Crippen molar-refractivity contribution in [2.45, 2.75) is 4.90 Å². The Balaban J connectivity index is 1.68. The minimum atomic E-state index is -0.0780. The van der Waals surface area contributed by atoms with E-state index in [-0.39, 0.29) is 5.91 Å². The Morgan fingerprint density at radius 3 is 2.27 bits per heavy atom. The average Bonchev–Trinajstić information content (AvgIpc) is 2.76. The predicted molar refractivity (Wildman–Crippen MR) is 129 cm³/mol. The molecule has 4 aromatic rings. The fourth-order valence-electron chi connectivity index (χ4n) is 3.18. The molecule has 0 saturated heterocycles. The molecule has 0 aromatic heterocycles. The fraction of sp³-hybridized carbons (Fsp3) is 0.0417. The van der Waals surface area contributed by atoms with Gasteiger partial charge in [-0.3, -0.25) is 4.79 Å². The molecule has 0 aliphatic rings.